The first kappa shape index (κ1) is 9.00. The van der Waals surface area contributed by atoms with Gasteiger partial charge in [-0.05, 0) is 5.92 Å². The molecule has 1 fully saturated rings. The largest absolute Gasteiger partial charge is 0.0654 e. The molecule has 1 aliphatic carbocycles. The molecule has 1 saturated carbocycles. The van der Waals surface area contributed by atoms with Crippen molar-refractivity contribution in [2.45, 2.75) is 52.9 Å². The van der Waals surface area contributed by atoms with Gasteiger partial charge in [0.2, 0.25) is 0 Å². The molecule has 0 aliphatic heterocycles. The summed E-state index contributed by atoms with van der Waals surface area (Å²) in [6, 6.07) is 0. The van der Waals surface area contributed by atoms with Gasteiger partial charge in [0.1, 0.15) is 0 Å². The molecule has 0 spiro atoms. The molecule has 0 N–H and O–H groups in total. The lowest BCUT2D eigenvalue weighted by atomic mass is 10.3. The summed E-state index contributed by atoms with van der Waals surface area (Å²) >= 11 is 0. The second-order valence-electron chi connectivity index (χ2n) is 3.04. The van der Waals surface area contributed by atoms with E-state index in [1.165, 1.54) is 32.1 Å². The molecule has 56 valence electrons. The van der Waals surface area contributed by atoms with Crippen LogP contribution in [0.4, 0.5) is 0 Å². The molecule has 1 rings (SSSR count). The minimum Gasteiger partial charge on any atom is -0.0654 e. The first-order valence-electron chi connectivity index (χ1n) is 4.31. The number of hydrogen-bond acceptors (Lipinski definition) is 0. The summed E-state index contributed by atoms with van der Waals surface area (Å²) in [6.07, 6.45) is 7.05. The average Bonchev–Trinajstić information content (AvgIpc) is 2.55. The third kappa shape index (κ3) is 11.5. The van der Waals surface area contributed by atoms with Crippen LogP contribution in [0.3, 0.4) is 0 Å². The smallest absolute Gasteiger partial charge is 0.0443 e. The molecule has 0 aromatic rings. The minimum atomic E-state index is 1.08. The quantitative estimate of drug-likeness (QED) is 0.533. The van der Waals surface area contributed by atoms with E-state index in [1.54, 1.807) is 0 Å². The molecule has 0 heteroatoms. The van der Waals surface area contributed by atoms with Crippen molar-refractivity contribution in [1.29, 1.82) is 0 Å². The number of rotatable bonds is 2. The second kappa shape index (κ2) is 6.12. The van der Waals surface area contributed by atoms with Crippen LogP contribution in [0.15, 0.2) is 0 Å². The fraction of sp³-hybridized carbons (Fsp3) is 1.00. The zero-order valence-electron chi connectivity index (χ0n) is 7.11. The first-order valence-corrected chi connectivity index (χ1v) is 4.31. The van der Waals surface area contributed by atoms with Crippen molar-refractivity contribution in [2.24, 2.45) is 5.92 Å². The van der Waals surface area contributed by atoms with Gasteiger partial charge < -0.3 is 0 Å². The van der Waals surface area contributed by atoms with Gasteiger partial charge in [0, 0.05) is 0 Å². The lowest BCUT2D eigenvalue weighted by Crippen LogP contribution is -1.59. The minimum absolute atomic E-state index is 1.08. The van der Waals surface area contributed by atoms with E-state index in [0.29, 0.717) is 0 Å². The highest BCUT2D eigenvalue weighted by atomic mass is 14.2. The third-order valence-electron chi connectivity index (χ3n) is 1.57. The fourth-order valence-electron chi connectivity index (χ4n) is 0.520. The molecule has 0 saturated heterocycles. The zero-order chi connectivity index (χ0) is 7.11. The highest BCUT2D eigenvalue weighted by molar-refractivity contribution is 4.65. The maximum atomic E-state index is 2.28. The van der Waals surface area contributed by atoms with Crippen LogP contribution in [0.2, 0.25) is 0 Å². The summed E-state index contributed by atoms with van der Waals surface area (Å²) in [6.45, 7) is 6.70. The molecular formula is C9H20. The van der Waals surface area contributed by atoms with E-state index in [0.717, 1.165) is 5.92 Å². The van der Waals surface area contributed by atoms with Gasteiger partial charge in [-0.1, -0.05) is 52.9 Å². The molecule has 0 nitrogen and oxygen atoms in total. The van der Waals surface area contributed by atoms with Crippen molar-refractivity contribution < 1.29 is 0 Å². The van der Waals surface area contributed by atoms with Crippen molar-refractivity contribution in [3.8, 4) is 0 Å². The lowest BCUT2D eigenvalue weighted by molar-refractivity contribution is 0.772. The highest BCUT2D eigenvalue weighted by Crippen LogP contribution is 2.26. The van der Waals surface area contributed by atoms with Crippen LogP contribution in [0.5, 0.6) is 0 Å². The highest BCUT2D eigenvalue weighted by Gasteiger charge is 2.12. The fourth-order valence-corrected chi connectivity index (χ4v) is 0.520. The predicted octanol–water partition coefficient (Wildman–Crippen LogP) is 3.61. The van der Waals surface area contributed by atoms with Gasteiger partial charge in [-0.25, -0.2) is 0 Å². The van der Waals surface area contributed by atoms with Gasteiger partial charge >= 0.3 is 0 Å². The summed E-state index contributed by atoms with van der Waals surface area (Å²) in [5.41, 5.74) is 0. The molecule has 0 amide bonds. The van der Waals surface area contributed by atoms with Crippen molar-refractivity contribution in [2.75, 3.05) is 0 Å². The Kier molecular flexibility index (Phi) is 6.12. The SMILES string of the molecule is CC1CC1.CCCCC. The van der Waals surface area contributed by atoms with Gasteiger partial charge in [0.15, 0.2) is 0 Å². The van der Waals surface area contributed by atoms with Crippen molar-refractivity contribution in [3.05, 3.63) is 0 Å². The van der Waals surface area contributed by atoms with Crippen LogP contribution >= 0.6 is 0 Å². The summed E-state index contributed by atoms with van der Waals surface area (Å²) in [7, 11) is 0. The van der Waals surface area contributed by atoms with Gasteiger partial charge in [-0.2, -0.15) is 0 Å². The standard InChI is InChI=1S/C5H12.C4H8/c1-3-5-4-2;1-4-2-3-4/h3-5H2,1-2H3;4H,2-3H2,1H3. The zero-order valence-corrected chi connectivity index (χ0v) is 7.11. The molecule has 0 aromatic heterocycles. The topological polar surface area (TPSA) is 0 Å². The predicted molar refractivity (Wildman–Crippen MR) is 43.6 cm³/mol. The van der Waals surface area contributed by atoms with Gasteiger partial charge in [-0.15, -0.1) is 0 Å². The van der Waals surface area contributed by atoms with E-state index in [1.807, 2.05) is 0 Å². The van der Waals surface area contributed by atoms with Gasteiger partial charge in [0.05, 0.1) is 0 Å². The van der Waals surface area contributed by atoms with Crippen molar-refractivity contribution in [3.63, 3.8) is 0 Å². The summed E-state index contributed by atoms with van der Waals surface area (Å²) in [5.74, 6) is 1.08. The second-order valence-corrected chi connectivity index (χ2v) is 3.04. The van der Waals surface area contributed by atoms with Crippen LogP contribution in [0.25, 0.3) is 0 Å². The molecule has 0 radical (unpaired) electrons. The molecule has 9 heavy (non-hydrogen) atoms. The molecular weight excluding hydrogens is 108 g/mol. The Bertz CT molecular complexity index is 42.0. The first-order chi connectivity index (χ1) is 4.31. The van der Waals surface area contributed by atoms with Crippen LogP contribution in [-0.2, 0) is 0 Å². The van der Waals surface area contributed by atoms with Gasteiger partial charge in [0.25, 0.3) is 0 Å². The molecule has 0 aromatic carbocycles. The van der Waals surface area contributed by atoms with E-state index in [4.69, 9.17) is 0 Å². The van der Waals surface area contributed by atoms with E-state index < -0.39 is 0 Å². The lowest BCUT2D eigenvalue weighted by Gasteiger charge is -1.79. The Labute approximate surface area is 59.7 Å². The molecule has 0 atom stereocenters. The van der Waals surface area contributed by atoms with Crippen molar-refractivity contribution >= 4 is 0 Å². The Morgan fingerprint density at radius 3 is 1.44 bits per heavy atom. The Morgan fingerprint density at radius 2 is 1.44 bits per heavy atom. The molecule has 0 heterocycles. The average molecular weight is 128 g/mol. The summed E-state index contributed by atoms with van der Waals surface area (Å²) < 4.78 is 0. The third-order valence-corrected chi connectivity index (χ3v) is 1.57. The number of hydrogen-bond donors (Lipinski definition) is 0. The Morgan fingerprint density at radius 1 is 1.11 bits per heavy atom. The van der Waals surface area contributed by atoms with Crippen molar-refractivity contribution in [1.82, 2.24) is 0 Å². The van der Waals surface area contributed by atoms with Gasteiger partial charge in [-0.3, -0.25) is 0 Å². The van der Waals surface area contributed by atoms with Crippen LogP contribution in [0, 0.1) is 5.92 Å². The summed E-state index contributed by atoms with van der Waals surface area (Å²) in [4.78, 5) is 0. The Balaban J connectivity index is 0.000000144. The van der Waals surface area contributed by atoms with Crippen LogP contribution in [0.1, 0.15) is 52.9 Å². The Hall–Kier alpha value is 0. The van der Waals surface area contributed by atoms with E-state index in [9.17, 15) is 0 Å². The monoisotopic (exact) mass is 128 g/mol. The van der Waals surface area contributed by atoms with E-state index in [2.05, 4.69) is 20.8 Å². The molecule has 0 bridgehead atoms. The van der Waals surface area contributed by atoms with E-state index >= 15 is 0 Å². The van der Waals surface area contributed by atoms with E-state index in [-0.39, 0.29) is 0 Å². The molecule has 1 aliphatic rings. The molecule has 0 unspecified atom stereocenters. The van der Waals surface area contributed by atoms with Crippen LogP contribution in [-0.4, -0.2) is 0 Å². The van der Waals surface area contributed by atoms with Crippen LogP contribution < -0.4 is 0 Å². The number of unbranched alkanes of at least 4 members (excludes halogenated alkanes) is 2. The summed E-state index contributed by atoms with van der Waals surface area (Å²) in [5, 5.41) is 0. The maximum absolute atomic E-state index is 2.28. The maximum Gasteiger partial charge on any atom is -0.0443 e. The normalized spacial score (nSPS) is 16.3.